The summed E-state index contributed by atoms with van der Waals surface area (Å²) in [6.07, 6.45) is -1.33. The fraction of sp³-hybridized carbons (Fsp3) is 0.500. The Morgan fingerprint density at radius 1 is 0.469 bits per heavy atom. The summed E-state index contributed by atoms with van der Waals surface area (Å²) < 4.78 is 45.9. The van der Waals surface area contributed by atoms with Gasteiger partial charge in [-0.2, -0.15) is 0 Å². The Balaban J connectivity index is 1.96. The van der Waals surface area contributed by atoms with Crippen LogP contribution in [0.4, 0.5) is 0 Å². The lowest BCUT2D eigenvalue weighted by molar-refractivity contribution is -0.215. The van der Waals surface area contributed by atoms with Crippen molar-refractivity contribution < 1.29 is 37.9 Å². The van der Waals surface area contributed by atoms with Gasteiger partial charge in [-0.1, -0.05) is 0 Å². The maximum absolute atomic E-state index is 6.47. The lowest BCUT2D eigenvalue weighted by Gasteiger charge is -2.40. The first-order valence-electron chi connectivity index (χ1n) is 10.3. The van der Waals surface area contributed by atoms with E-state index in [9.17, 15) is 0 Å². The highest BCUT2D eigenvalue weighted by Gasteiger charge is 2.39. The number of ether oxygens (including phenoxy) is 8. The Morgan fingerprint density at radius 2 is 0.750 bits per heavy atom. The molecule has 4 atom stereocenters. The lowest BCUT2D eigenvalue weighted by atomic mass is 9.97. The van der Waals surface area contributed by atoms with Crippen molar-refractivity contribution in [2.75, 3.05) is 42.7 Å². The molecule has 1 saturated heterocycles. The molecule has 0 bridgehead atoms. The van der Waals surface area contributed by atoms with Gasteiger partial charge in [0.15, 0.2) is 23.0 Å². The summed E-state index contributed by atoms with van der Waals surface area (Å²) in [6, 6.07) is 7.31. The largest absolute Gasteiger partial charge is 0.496 e. The van der Waals surface area contributed by atoms with E-state index >= 15 is 0 Å². The van der Waals surface area contributed by atoms with Gasteiger partial charge in [-0.05, 0) is 26.0 Å². The zero-order valence-electron chi connectivity index (χ0n) is 19.9. The van der Waals surface area contributed by atoms with Crippen molar-refractivity contribution >= 4 is 0 Å². The molecule has 3 rings (SSSR count). The van der Waals surface area contributed by atoms with Gasteiger partial charge >= 0.3 is 0 Å². The van der Waals surface area contributed by atoms with Gasteiger partial charge in [0.1, 0.15) is 23.7 Å². The third-order valence-electron chi connectivity index (χ3n) is 5.66. The number of benzene rings is 2. The van der Waals surface area contributed by atoms with Crippen molar-refractivity contribution in [2.45, 2.75) is 38.3 Å². The minimum atomic E-state index is -0.373. The van der Waals surface area contributed by atoms with Crippen LogP contribution in [0.2, 0.25) is 0 Å². The highest BCUT2D eigenvalue weighted by atomic mass is 16.6. The molecule has 0 aliphatic carbocycles. The smallest absolute Gasteiger partial charge is 0.164 e. The van der Waals surface area contributed by atoms with E-state index < -0.39 is 0 Å². The van der Waals surface area contributed by atoms with Crippen LogP contribution in [-0.4, -0.2) is 54.9 Å². The quantitative estimate of drug-likeness (QED) is 0.590. The molecule has 176 valence electrons. The molecule has 0 spiro atoms. The summed E-state index contributed by atoms with van der Waals surface area (Å²) in [4.78, 5) is 0. The minimum Gasteiger partial charge on any atom is -0.496 e. The number of methoxy groups -OCH3 is 6. The van der Waals surface area contributed by atoms with Crippen LogP contribution in [0.25, 0.3) is 0 Å². The molecule has 0 saturated carbocycles. The van der Waals surface area contributed by atoms with Gasteiger partial charge in [0.2, 0.25) is 0 Å². The Labute approximate surface area is 189 Å². The summed E-state index contributed by atoms with van der Waals surface area (Å²) in [5, 5.41) is 0. The maximum atomic E-state index is 6.47. The standard InChI is InChI=1S/C24H32O8/c1-13-23(15-9-19(27-5)21(29-7)11-17(15)25-3)32-14(2)24(31-13)16-10-20(28-6)22(30-8)12-18(16)26-4/h9-14,23-24H,1-8H3/t13-,14-,23-,24+/m1/s1. The highest BCUT2D eigenvalue weighted by molar-refractivity contribution is 5.53. The molecule has 8 nitrogen and oxygen atoms in total. The van der Waals surface area contributed by atoms with Gasteiger partial charge in [-0.15, -0.1) is 0 Å². The van der Waals surface area contributed by atoms with E-state index in [0.29, 0.717) is 34.5 Å². The highest BCUT2D eigenvalue weighted by Crippen LogP contribution is 2.47. The van der Waals surface area contributed by atoms with E-state index in [1.807, 2.05) is 26.0 Å². The number of hydrogen-bond acceptors (Lipinski definition) is 8. The van der Waals surface area contributed by atoms with Gasteiger partial charge in [0, 0.05) is 23.3 Å². The zero-order chi connectivity index (χ0) is 23.4. The second-order valence-corrected chi connectivity index (χ2v) is 7.42. The molecular formula is C24H32O8. The van der Waals surface area contributed by atoms with Crippen LogP contribution in [-0.2, 0) is 9.47 Å². The van der Waals surface area contributed by atoms with Crippen LogP contribution < -0.4 is 28.4 Å². The third kappa shape index (κ3) is 4.38. The van der Waals surface area contributed by atoms with Crippen molar-refractivity contribution in [1.29, 1.82) is 0 Å². The molecule has 8 heteroatoms. The fourth-order valence-corrected chi connectivity index (χ4v) is 4.03. The number of hydrogen-bond donors (Lipinski definition) is 0. The molecule has 0 unspecified atom stereocenters. The first-order chi connectivity index (χ1) is 15.4. The summed E-state index contributed by atoms with van der Waals surface area (Å²) in [5.41, 5.74) is 1.64. The summed E-state index contributed by atoms with van der Waals surface area (Å²) in [5.74, 6) is 3.62. The van der Waals surface area contributed by atoms with Crippen molar-refractivity contribution in [3.63, 3.8) is 0 Å². The zero-order valence-corrected chi connectivity index (χ0v) is 19.9. The van der Waals surface area contributed by atoms with Crippen LogP contribution in [0.5, 0.6) is 34.5 Å². The first-order valence-corrected chi connectivity index (χ1v) is 10.3. The van der Waals surface area contributed by atoms with E-state index in [4.69, 9.17) is 37.9 Å². The monoisotopic (exact) mass is 448 g/mol. The molecule has 0 aromatic heterocycles. The van der Waals surface area contributed by atoms with Crippen LogP contribution in [0.3, 0.4) is 0 Å². The van der Waals surface area contributed by atoms with E-state index in [1.165, 1.54) is 0 Å². The van der Waals surface area contributed by atoms with Crippen molar-refractivity contribution in [3.8, 4) is 34.5 Å². The van der Waals surface area contributed by atoms with Crippen molar-refractivity contribution in [3.05, 3.63) is 35.4 Å². The fourth-order valence-electron chi connectivity index (χ4n) is 4.03. The average Bonchev–Trinajstić information content (AvgIpc) is 2.83. The van der Waals surface area contributed by atoms with Gasteiger partial charge in [-0.3, -0.25) is 0 Å². The Hall–Kier alpha value is -2.84. The molecule has 2 aromatic carbocycles. The summed E-state index contributed by atoms with van der Waals surface area (Å²) in [6.45, 7) is 3.93. The molecule has 1 aliphatic heterocycles. The molecule has 0 N–H and O–H groups in total. The molecule has 2 aromatic rings. The maximum Gasteiger partial charge on any atom is 0.164 e. The molecular weight excluding hydrogens is 416 g/mol. The van der Waals surface area contributed by atoms with Crippen LogP contribution in [0.15, 0.2) is 24.3 Å². The SMILES string of the molecule is COc1cc(OC)c([C@H]2O[C@H](C)[C@H](c3cc(OC)c(OC)cc3OC)O[C@@H]2C)cc1OC. The predicted molar refractivity (Wildman–Crippen MR) is 119 cm³/mol. The lowest BCUT2D eigenvalue weighted by Crippen LogP contribution is -2.38. The van der Waals surface area contributed by atoms with Gasteiger partial charge in [0.25, 0.3) is 0 Å². The third-order valence-corrected chi connectivity index (χ3v) is 5.66. The number of rotatable bonds is 8. The topological polar surface area (TPSA) is 73.8 Å². The van der Waals surface area contributed by atoms with E-state index in [0.717, 1.165) is 11.1 Å². The molecule has 1 aliphatic rings. The molecule has 1 heterocycles. The Bertz CT molecular complexity index is 853. The Kier molecular flexibility index (Phi) is 7.58. The second-order valence-electron chi connectivity index (χ2n) is 7.42. The molecule has 1 fully saturated rings. The van der Waals surface area contributed by atoms with Gasteiger partial charge < -0.3 is 37.9 Å². The normalized spacial score (nSPS) is 22.8. The predicted octanol–water partition coefficient (Wildman–Crippen LogP) is 4.34. The van der Waals surface area contributed by atoms with Gasteiger partial charge in [0.05, 0.1) is 54.9 Å². The minimum absolute atomic E-state index is 0.291. The van der Waals surface area contributed by atoms with Crippen molar-refractivity contribution in [1.82, 2.24) is 0 Å². The van der Waals surface area contributed by atoms with E-state index in [1.54, 1.807) is 54.8 Å². The van der Waals surface area contributed by atoms with E-state index in [2.05, 4.69) is 0 Å². The average molecular weight is 449 g/mol. The second kappa shape index (κ2) is 10.2. The Morgan fingerprint density at radius 3 is 1.03 bits per heavy atom. The summed E-state index contributed by atoms with van der Waals surface area (Å²) in [7, 11) is 9.58. The van der Waals surface area contributed by atoms with Crippen molar-refractivity contribution in [2.24, 2.45) is 0 Å². The molecule has 0 radical (unpaired) electrons. The van der Waals surface area contributed by atoms with E-state index in [-0.39, 0.29) is 24.4 Å². The molecule has 0 amide bonds. The van der Waals surface area contributed by atoms with Gasteiger partial charge in [-0.25, -0.2) is 0 Å². The molecule has 32 heavy (non-hydrogen) atoms. The van der Waals surface area contributed by atoms with Crippen LogP contribution >= 0.6 is 0 Å². The summed E-state index contributed by atoms with van der Waals surface area (Å²) >= 11 is 0. The van der Waals surface area contributed by atoms with Crippen LogP contribution in [0, 0.1) is 0 Å². The van der Waals surface area contributed by atoms with Crippen LogP contribution in [0.1, 0.15) is 37.2 Å². The first kappa shape index (κ1) is 23.8.